The van der Waals surface area contributed by atoms with Gasteiger partial charge in [-0.2, -0.15) is 0 Å². The second kappa shape index (κ2) is 5.70. The van der Waals surface area contributed by atoms with E-state index in [-0.39, 0.29) is 20.9 Å². The van der Waals surface area contributed by atoms with Crippen molar-refractivity contribution in [3.63, 3.8) is 0 Å². The van der Waals surface area contributed by atoms with E-state index in [9.17, 15) is 0 Å². The van der Waals surface area contributed by atoms with Crippen molar-refractivity contribution in [1.82, 2.24) is 0 Å². The maximum atomic E-state index is 5.66. The first-order valence-electron chi connectivity index (χ1n) is 5.39. The van der Waals surface area contributed by atoms with E-state index in [2.05, 4.69) is 41.4 Å². The molecule has 0 radical (unpaired) electrons. The Morgan fingerprint density at radius 1 is 1.40 bits per heavy atom. The third kappa shape index (κ3) is 3.34. The summed E-state index contributed by atoms with van der Waals surface area (Å²) in [7, 11) is 0. The summed E-state index contributed by atoms with van der Waals surface area (Å²) in [5.74, 6) is 0. The van der Waals surface area contributed by atoms with Gasteiger partial charge in [0.05, 0.1) is 0 Å². The molecule has 1 atom stereocenters. The average Bonchev–Trinajstić information content (AvgIpc) is 2.76. The van der Waals surface area contributed by atoms with E-state index >= 15 is 0 Å². The third-order valence-electron chi connectivity index (χ3n) is 2.55. The van der Waals surface area contributed by atoms with E-state index in [1.54, 1.807) is 0 Å². The van der Waals surface area contributed by atoms with Gasteiger partial charge in [0, 0.05) is 0 Å². The Morgan fingerprint density at radius 3 is 2.87 bits per heavy atom. The van der Waals surface area contributed by atoms with E-state index in [0.29, 0.717) is 6.10 Å². The summed E-state index contributed by atoms with van der Waals surface area (Å²) in [5, 5.41) is 0. The van der Waals surface area contributed by atoms with Gasteiger partial charge in [-0.1, -0.05) is 0 Å². The van der Waals surface area contributed by atoms with Crippen LogP contribution in [0.2, 0.25) is 0 Å². The summed E-state index contributed by atoms with van der Waals surface area (Å²) in [6.07, 6.45) is 2.79. The normalized spacial score (nSPS) is 23.5. The fraction of sp³-hybridized carbons (Fsp3) is 0.385. The summed E-state index contributed by atoms with van der Waals surface area (Å²) >= 11 is -0.133. The Hall–Kier alpha value is -0.290. The van der Waals surface area contributed by atoms with E-state index in [4.69, 9.17) is 4.74 Å². The van der Waals surface area contributed by atoms with Crippen LogP contribution in [0.1, 0.15) is 19.8 Å². The summed E-state index contributed by atoms with van der Waals surface area (Å²) < 4.78 is 9.62. The molecule has 80 valence electrons. The number of benzene rings is 1. The van der Waals surface area contributed by atoms with Crippen molar-refractivity contribution in [2.75, 3.05) is 6.61 Å². The number of rotatable bonds is 3. The van der Waals surface area contributed by atoms with Crippen LogP contribution in [0.5, 0.6) is 0 Å². The minimum absolute atomic E-state index is 0.133. The first-order valence-corrected chi connectivity index (χ1v) is 7.90. The van der Waals surface area contributed by atoms with Crippen molar-refractivity contribution in [1.29, 1.82) is 0 Å². The molecule has 1 aromatic rings. The Balaban J connectivity index is 1.90. The van der Waals surface area contributed by atoms with Crippen LogP contribution in [0.3, 0.4) is 0 Å². The Morgan fingerprint density at radius 2 is 2.20 bits per heavy atom. The molecule has 15 heavy (non-hydrogen) atoms. The van der Waals surface area contributed by atoms with Crippen LogP contribution in [-0.4, -0.2) is 33.6 Å². The second-order valence-corrected chi connectivity index (χ2v) is 6.44. The topological polar surface area (TPSA) is 9.23 Å². The van der Waals surface area contributed by atoms with Crippen molar-refractivity contribution in [2.45, 2.75) is 25.9 Å². The molecule has 2 heteroatoms. The van der Waals surface area contributed by atoms with Crippen molar-refractivity contribution in [3.8, 4) is 0 Å². The predicted molar refractivity (Wildman–Crippen MR) is 64.6 cm³/mol. The van der Waals surface area contributed by atoms with Gasteiger partial charge in [-0.05, 0) is 0 Å². The van der Waals surface area contributed by atoms with Crippen LogP contribution in [0, 0.1) is 0 Å². The molecule has 1 saturated heterocycles. The molecule has 1 aliphatic heterocycles. The van der Waals surface area contributed by atoms with Crippen LogP contribution < -0.4 is 3.61 Å². The molecule has 1 heterocycles. The summed E-state index contributed by atoms with van der Waals surface area (Å²) in [6, 6.07) is 10.8. The monoisotopic (exact) mass is 318 g/mol. The zero-order chi connectivity index (χ0) is 10.5. The second-order valence-electron chi connectivity index (χ2n) is 3.75. The first kappa shape index (κ1) is 11.2. The van der Waals surface area contributed by atoms with Crippen LogP contribution in [0.4, 0.5) is 0 Å². The van der Waals surface area contributed by atoms with E-state index < -0.39 is 0 Å². The molecule has 0 saturated carbocycles. The van der Waals surface area contributed by atoms with Crippen LogP contribution in [0.15, 0.2) is 40.0 Å². The number of hydrogen-bond donors (Lipinski definition) is 0. The average molecular weight is 316 g/mol. The van der Waals surface area contributed by atoms with Gasteiger partial charge in [-0.3, -0.25) is 0 Å². The van der Waals surface area contributed by atoms with Crippen molar-refractivity contribution in [2.24, 2.45) is 0 Å². The Labute approximate surface area is 102 Å². The van der Waals surface area contributed by atoms with Gasteiger partial charge in [-0.25, -0.2) is 0 Å². The van der Waals surface area contributed by atoms with Crippen LogP contribution in [0.25, 0.3) is 0 Å². The summed E-state index contributed by atoms with van der Waals surface area (Å²) in [4.78, 5) is 0. The van der Waals surface area contributed by atoms with Crippen molar-refractivity contribution < 1.29 is 4.74 Å². The van der Waals surface area contributed by atoms with Gasteiger partial charge in [0.15, 0.2) is 0 Å². The molecule has 1 aliphatic rings. The molecule has 0 bridgehead atoms. The van der Waals surface area contributed by atoms with Gasteiger partial charge in [-0.15, -0.1) is 0 Å². The van der Waals surface area contributed by atoms with Crippen LogP contribution >= 0.6 is 0 Å². The molecule has 1 unspecified atom stereocenters. The predicted octanol–water partition coefficient (Wildman–Crippen LogP) is 2.10. The van der Waals surface area contributed by atoms with Gasteiger partial charge < -0.3 is 0 Å². The zero-order valence-electron chi connectivity index (χ0n) is 8.98. The van der Waals surface area contributed by atoms with Gasteiger partial charge in [0.1, 0.15) is 0 Å². The maximum absolute atomic E-state index is 5.66. The molecule has 0 amide bonds. The fourth-order valence-electron chi connectivity index (χ4n) is 1.63. The third-order valence-corrected chi connectivity index (χ3v) is 5.40. The molecular weight excluding hydrogens is 300 g/mol. The molecule has 0 aliphatic carbocycles. The quantitative estimate of drug-likeness (QED) is 0.776. The van der Waals surface area contributed by atoms with Gasteiger partial charge in [0.2, 0.25) is 0 Å². The Bertz CT molecular complexity index is 332. The minimum atomic E-state index is -0.133. The number of hydrogen-bond acceptors (Lipinski definition) is 1. The summed E-state index contributed by atoms with van der Waals surface area (Å²) in [5.41, 5.74) is 1.52. The van der Waals surface area contributed by atoms with Gasteiger partial charge in [0.25, 0.3) is 0 Å². The molecule has 0 N–H and O–H groups in total. The van der Waals surface area contributed by atoms with Gasteiger partial charge >= 0.3 is 102 Å². The van der Waals surface area contributed by atoms with E-state index in [0.717, 1.165) is 19.4 Å². The molecule has 0 spiro atoms. The standard InChI is InChI=1S/C13H16OTe/c1-2-12-8-11(9-14-12)10-15-13-6-4-3-5-7-13/h3-7,10,12H,2,8-9H2,1H3/b11-10-. The molecule has 1 fully saturated rings. The Kier molecular flexibility index (Phi) is 4.26. The molecule has 1 aromatic carbocycles. The SMILES string of the molecule is CCC1C/C(=C/[Te]c2ccccc2)CO1. The molecular formula is C13H16OTe. The molecule has 2 rings (SSSR count). The summed E-state index contributed by atoms with van der Waals surface area (Å²) in [6.45, 7) is 3.07. The number of ether oxygens (including phenoxy) is 1. The van der Waals surface area contributed by atoms with E-state index in [1.165, 1.54) is 9.18 Å². The fourth-order valence-corrected chi connectivity index (χ4v) is 3.86. The van der Waals surface area contributed by atoms with Crippen molar-refractivity contribution in [3.05, 3.63) is 40.0 Å². The molecule has 0 aromatic heterocycles. The molecule has 1 nitrogen and oxygen atoms in total. The van der Waals surface area contributed by atoms with Crippen molar-refractivity contribution >= 4 is 24.5 Å². The van der Waals surface area contributed by atoms with Crippen LogP contribution in [-0.2, 0) is 4.74 Å². The zero-order valence-corrected chi connectivity index (χ0v) is 11.3. The first-order chi connectivity index (χ1) is 7.38. The van der Waals surface area contributed by atoms with E-state index in [1.807, 2.05) is 0 Å².